The van der Waals surface area contributed by atoms with Gasteiger partial charge in [-0.1, -0.05) is 30.3 Å². The van der Waals surface area contributed by atoms with Crippen molar-refractivity contribution in [3.8, 4) is 6.07 Å². The van der Waals surface area contributed by atoms with Gasteiger partial charge in [0.15, 0.2) is 5.65 Å². The number of hydrogen-bond donors (Lipinski definition) is 0. The first-order chi connectivity index (χ1) is 11.3. The second-order valence-electron chi connectivity index (χ2n) is 5.97. The van der Waals surface area contributed by atoms with Crippen LogP contribution in [0.25, 0.3) is 5.65 Å². The molecule has 114 valence electrons. The van der Waals surface area contributed by atoms with Crippen LogP contribution in [0.5, 0.6) is 0 Å². The highest BCUT2D eigenvalue weighted by molar-refractivity contribution is 5.48. The number of nitrogens with zero attached hydrogens (tertiary/aromatic N) is 5. The molecule has 1 aliphatic rings. The molecular weight excluding hydrogens is 286 g/mol. The van der Waals surface area contributed by atoms with Gasteiger partial charge >= 0.3 is 0 Å². The lowest BCUT2D eigenvalue weighted by molar-refractivity contribution is 0.414. The van der Waals surface area contributed by atoms with Crippen LogP contribution >= 0.6 is 0 Å². The zero-order valence-electron chi connectivity index (χ0n) is 12.8. The van der Waals surface area contributed by atoms with E-state index in [2.05, 4.69) is 33.2 Å². The summed E-state index contributed by atoms with van der Waals surface area (Å²) in [6.07, 6.45) is 5.32. The molecule has 0 N–H and O–H groups in total. The number of benzene rings is 1. The van der Waals surface area contributed by atoms with Crippen molar-refractivity contribution in [2.45, 2.75) is 18.3 Å². The molecule has 0 spiro atoms. The Bertz CT molecular complexity index is 854. The molecule has 0 bridgehead atoms. The van der Waals surface area contributed by atoms with Crippen molar-refractivity contribution < 1.29 is 0 Å². The van der Waals surface area contributed by atoms with Gasteiger partial charge in [-0.3, -0.25) is 0 Å². The molecule has 3 aromatic rings. The maximum atomic E-state index is 9.77. The predicted molar refractivity (Wildman–Crippen MR) is 88.2 cm³/mol. The maximum Gasteiger partial charge on any atom is 0.157 e. The molecule has 5 nitrogen and oxygen atoms in total. The average molecular weight is 303 g/mol. The molecule has 0 unspecified atom stereocenters. The van der Waals surface area contributed by atoms with Gasteiger partial charge in [-0.05, 0) is 24.5 Å². The third-order valence-electron chi connectivity index (χ3n) is 4.72. The summed E-state index contributed by atoms with van der Waals surface area (Å²) in [7, 11) is 0. The molecular formula is C18H17N5. The Balaban J connectivity index is 1.57. The second kappa shape index (κ2) is 5.40. The minimum Gasteiger partial charge on any atom is -0.356 e. The first-order valence-electron chi connectivity index (χ1n) is 7.83. The van der Waals surface area contributed by atoms with Crippen molar-refractivity contribution in [3.63, 3.8) is 0 Å². The number of aromatic nitrogens is 3. The molecule has 0 radical (unpaired) electrons. The standard InChI is InChI=1S/C18H17N5/c19-14-18(15-4-2-1-3-5-15)8-12-22(13-9-18)16-7-11-23-17(21-16)6-10-20-23/h1-7,10-11H,8-9,12-13H2. The van der Waals surface area contributed by atoms with E-state index in [4.69, 9.17) is 0 Å². The van der Waals surface area contributed by atoms with Crippen LogP contribution in [0.1, 0.15) is 18.4 Å². The highest BCUT2D eigenvalue weighted by Crippen LogP contribution is 2.35. The SMILES string of the molecule is N#CC1(c2ccccc2)CCN(c2ccn3nccc3n2)CC1. The smallest absolute Gasteiger partial charge is 0.157 e. The fraction of sp³-hybridized carbons (Fsp3) is 0.278. The van der Waals surface area contributed by atoms with Gasteiger partial charge < -0.3 is 4.90 Å². The lowest BCUT2D eigenvalue weighted by Crippen LogP contribution is -2.42. The van der Waals surface area contributed by atoms with Gasteiger partial charge in [0.25, 0.3) is 0 Å². The van der Waals surface area contributed by atoms with Crippen molar-refractivity contribution in [2.24, 2.45) is 0 Å². The number of anilines is 1. The Morgan fingerprint density at radius 2 is 1.83 bits per heavy atom. The highest BCUT2D eigenvalue weighted by Gasteiger charge is 2.36. The van der Waals surface area contributed by atoms with Gasteiger partial charge in [0.2, 0.25) is 0 Å². The fourth-order valence-corrected chi connectivity index (χ4v) is 3.32. The van der Waals surface area contributed by atoms with Crippen LogP contribution in [0.2, 0.25) is 0 Å². The van der Waals surface area contributed by atoms with Crippen LogP contribution in [0.15, 0.2) is 54.9 Å². The molecule has 23 heavy (non-hydrogen) atoms. The summed E-state index contributed by atoms with van der Waals surface area (Å²) in [6.45, 7) is 1.67. The monoisotopic (exact) mass is 303 g/mol. The van der Waals surface area contributed by atoms with E-state index in [0.29, 0.717) is 0 Å². The van der Waals surface area contributed by atoms with E-state index in [9.17, 15) is 5.26 Å². The Morgan fingerprint density at radius 3 is 2.57 bits per heavy atom. The van der Waals surface area contributed by atoms with Crippen LogP contribution in [-0.4, -0.2) is 27.7 Å². The van der Waals surface area contributed by atoms with Crippen molar-refractivity contribution in [3.05, 3.63) is 60.4 Å². The normalized spacial score (nSPS) is 17.1. The lowest BCUT2D eigenvalue weighted by Gasteiger charge is -2.38. The third-order valence-corrected chi connectivity index (χ3v) is 4.72. The van der Waals surface area contributed by atoms with Gasteiger partial charge in [0.1, 0.15) is 5.82 Å². The molecule has 1 aromatic carbocycles. The molecule has 0 atom stereocenters. The van der Waals surface area contributed by atoms with E-state index in [1.807, 2.05) is 36.5 Å². The van der Waals surface area contributed by atoms with Gasteiger partial charge in [-0.15, -0.1) is 0 Å². The van der Waals surface area contributed by atoms with Gasteiger partial charge in [-0.25, -0.2) is 9.50 Å². The van der Waals surface area contributed by atoms with E-state index in [1.165, 1.54) is 0 Å². The summed E-state index contributed by atoms with van der Waals surface area (Å²) in [5, 5.41) is 13.9. The lowest BCUT2D eigenvalue weighted by atomic mass is 9.74. The fourth-order valence-electron chi connectivity index (χ4n) is 3.32. The Morgan fingerprint density at radius 1 is 1.04 bits per heavy atom. The first-order valence-corrected chi connectivity index (χ1v) is 7.83. The van der Waals surface area contributed by atoms with Crippen molar-refractivity contribution >= 4 is 11.5 Å². The number of piperidine rings is 1. The Hall–Kier alpha value is -2.87. The largest absolute Gasteiger partial charge is 0.356 e. The zero-order valence-corrected chi connectivity index (χ0v) is 12.8. The molecule has 2 aromatic heterocycles. The van der Waals surface area contributed by atoms with E-state index >= 15 is 0 Å². The number of fused-ring (bicyclic) bond motifs is 1. The van der Waals surface area contributed by atoms with E-state index in [-0.39, 0.29) is 5.41 Å². The molecule has 4 rings (SSSR count). The summed E-state index contributed by atoms with van der Waals surface area (Å²) >= 11 is 0. The van der Waals surface area contributed by atoms with Crippen molar-refractivity contribution in [1.29, 1.82) is 5.26 Å². The number of nitriles is 1. The minimum atomic E-state index is -0.377. The van der Waals surface area contributed by atoms with Crippen molar-refractivity contribution in [2.75, 3.05) is 18.0 Å². The Labute approximate surface area is 134 Å². The van der Waals surface area contributed by atoms with Gasteiger partial charge in [0.05, 0.1) is 17.7 Å². The second-order valence-corrected chi connectivity index (χ2v) is 5.97. The van der Waals surface area contributed by atoms with Gasteiger partial charge in [-0.2, -0.15) is 10.4 Å². The first kappa shape index (κ1) is 13.8. The molecule has 0 aliphatic carbocycles. The van der Waals surface area contributed by atoms with Crippen molar-refractivity contribution in [1.82, 2.24) is 14.6 Å². The van der Waals surface area contributed by atoms with Crippen LogP contribution in [0, 0.1) is 11.3 Å². The summed E-state index contributed by atoms with van der Waals surface area (Å²) in [5.74, 6) is 0.956. The Kier molecular flexibility index (Phi) is 3.23. The summed E-state index contributed by atoms with van der Waals surface area (Å²) in [4.78, 5) is 6.90. The molecule has 1 aliphatic heterocycles. The predicted octanol–water partition coefficient (Wildman–Crippen LogP) is 2.79. The van der Waals surface area contributed by atoms with Crippen LogP contribution < -0.4 is 4.90 Å². The van der Waals surface area contributed by atoms with Gasteiger partial charge in [0, 0.05) is 25.4 Å². The third kappa shape index (κ3) is 2.33. The minimum absolute atomic E-state index is 0.377. The topological polar surface area (TPSA) is 57.2 Å². The van der Waals surface area contributed by atoms with E-state index in [0.717, 1.165) is 43.0 Å². The van der Waals surface area contributed by atoms with Crippen LogP contribution in [-0.2, 0) is 5.41 Å². The molecule has 1 fully saturated rings. The van der Waals surface area contributed by atoms with Crippen LogP contribution in [0.3, 0.4) is 0 Å². The summed E-state index contributed by atoms with van der Waals surface area (Å²) < 4.78 is 1.76. The quantitative estimate of drug-likeness (QED) is 0.730. The summed E-state index contributed by atoms with van der Waals surface area (Å²) in [5.41, 5.74) is 1.60. The average Bonchev–Trinajstić information content (AvgIpc) is 3.10. The number of rotatable bonds is 2. The maximum absolute atomic E-state index is 9.77. The van der Waals surface area contributed by atoms with E-state index < -0.39 is 0 Å². The van der Waals surface area contributed by atoms with Crippen LogP contribution in [0.4, 0.5) is 5.82 Å². The molecule has 5 heteroatoms. The zero-order chi connectivity index (χ0) is 15.7. The number of hydrogen-bond acceptors (Lipinski definition) is 4. The molecule has 1 saturated heterocycles. The molecule has 0 saturated carbocycles. The van der Waals surface area contributed by atoms with E-state index in [1.54, 1.807) is 10.7 Å². The highest BCUT2D eigenvalue weighted by atomic mass is 15.3. The molecule has 0 amide bonds. The molecule has 3 heterocycles. The summed E-state index contributed by atoms with van der Waals surface area (Å²) in [6, 6.07) is 16.6.